The van der Waals surface area contributed by atoms with Crippen LogP contribution in [0.15, 0.2) is 48.2 Å². The van der Waals surface area contributed by atoms with E-state index < -0.39 is 5.91 Å². The van der Waals surface area contributed by atoms with Gasteiger partial charge >= 0.3 is 0 Å². The van der Waals surface area contributed by atoms with Gasteiger partial charge in [-0.15, -0.1) is 0 Å². The third-order valence-corrected chi connectivity index (χ3v) is 4.32. The highest BCUT2D eigenvalue weighted by Crippen LogP contribution is 2.29. The van der Waals surface area contributed by atoms with Gasteiger partial charge < -0.3 is 20.2 Å². The second-order valence-corrected chi connectivity index (χ2v) is 5.96. The number of nitrogens with zero attached hydrogens (tertiary/aromatic N) is 3. The van der Waals surface area contributed by atoms with Crippen LogP contribution in [0.25, 0.3) is 10.8 Å². The second kappa shape index (κ2) is 7.57. The molecule has 2 amide bonds. The quantitative estimate of drug-likeness (QED) is 0.497. The fourth-order valence-corrected chi connectivity index (χ4v) is 2.88. The molecule has 7 nitrogen and oxygen atoms in total. The van der Waals surface area contributed by atoms with Gasteiger partial charge in [0.15, 0.2) is 0 Å². The zero-order chi connectivity index (χ0) is 18.5. The van der Waals surface area contributed by atoms with Gasteiger partial charge in [-0.3, -0.25) is 9.59 Å². The minimum atomic E-state index is -0.513. The maximum Gasteiger partial charge on any atom is 0.267 e. The van der Waals surface area contributed by atoms with E-state index in [2.05, 4.69) is 5.32 Å². The predicted molar refractivity (Wildman–Crippen MR) is 97.1 cm³/mol. The van der Waals surface area contributed by atoms with Crippen molar-refractivity contribution in [2.45, 2.75) is 0 Å². The summed E-state index contributed by atoms with van der Waals surface area (Å²) in [5.74, 6) is -0.385. The van der Waals surface area contributed by atoms with Crippen molar-refractivity contribution >= 4 is 28.8 Å². The fraction of sp³-hybridized carbons (Fsp3) is 0.211. The maximum atomic E-state index is 12.5. The first kappa shape index (κ1) is 17.3. The lowest BCUT2D eigenvalue weighted by molar-refractivity contribution is -0.119. The molecule has 2 aromatic rings. The summed E-state index contributed by atoms with van der Waals surface area (Å²) in [6.07, 6.45) is 2.33. The molecule has 0 aliphatic carbocycles. The van der Waals surface area contributed by atoms with E-state index in [1.165, 1.54) is 6.20 Å². The van der Waals surface area contributed by atoms with E-state index in [0.29, 0.717) is 42.6 Å². The van der Waals surface area contributed by atoms with E-state index in [9.17, 15) is 20.0 Å². The fourth-order valence-electron chi connectivity index (χ4n) is 2.88. The van der Waals surface area contributed by atoms with E-state index >= 15 is 0 Å². The number of nitrogens with one attached hydrogen (secondary N) is 1. The van der Waals surface area contributed by atoms with Gasteiger partial charge in [0.05, 0.1) is 0 Å². The van der Waals surface area contributed by atoms with Gasteiger partial charge in [0, 0.05) is 48.8 Å². The Bertz CT molecular complexity index is 909. The minimum absolute atomic E-state index is 0.0123. The summed E-state index contributed by atoms with van der Waals surface area (Å²) in [5.41, 5.74) is 0.511. The molecule has 1 fully saturated rings. The molecule has 1 saturated heterocycles. The summed E-state index contributed by atoms with van der Waals surface area (Å²) >= 11 is 0. The molecule has 1 aliphatic heterocycles. The summed E-state index contributed by atoms with van der Waals surface area (Å²) < 4.78 is 0. The van der Waals surface area contributed by atoms with Gasteiger partial charge in [-0.2, -0.15) is 5.26 Å². The monoisotopic (exact) mass is 350 g/mol. The van der Waals surface area contributed by atoms with Crippen LogP contribution in [-0.4, -0.2) is 53.4 Å². The zero-order valence-electron chi connectivity index (χ0n) is 14.1. The van der Waals surface area contributed by atoms with Crippen molar-refractivity contribution in [3.8, 4) is 11.8 Å². The second-order valence-electron chi connectivity index (χ2n) is 5.96. The van der Waals surface area contributed by atoms with Crippen LogP contribution in [0.3, 0.4) is 0 Å². The number of amides is 2. The number of fused-ring (bicyclic) bond motifs is 1. The molecule has 0 radical (unpaired) electrons. The van der Waals surface area contributed by atoms with Crippen LogP contribution in [-0.2, 0) is 9.59 Å². The number of anilines is 1. The molecule has 0 spiro atoms. The molecule has 3 rings (SSSR count). The summed E-state index contributed by atoms with van der Waals surface area (Å²) in [5, 5.41) is 23.3. The molecule has 0 atom stereocenters. The Morgan fingerprint density at radius 1 is 1.08 bits per heavy atom. The largest absolute Gasteiger partial charge is 0.507 e. The Morgan fingerprint density at radius 3 is 2.42 bits per heavy atom. The van der Waals surface area contributed by atoms with E-state index in [1.807, 2.05) is 11.0 Å². The van der Waals surface area contributed by atoms with Crippen LogP contribution >= 0.6 is 0 Å². The van der Waals surface area contributed by atoms with Crippen LogP contribution < -0.4 is 5.32 Å². The van der Waals surface area contributed by atoms with Crippen LogP contribution in [0.4, 0.5) is 5.69 Å². The molecule has 1 heterocycles. The molecule has 1 aliphatic rings. The van der Waals surface area contributed by atoms with Crippen LogP contribution in [0.2, 0.25) is 0 Å². The molecule has 2 N–H and O–H groups in total. The molecule has 0 unspecified atom stereocenters. The Labute approximate surface area is 150 Å². The van der Waals surface area contributed by atoms with Crippen molar-refractivity contribution in [1.82, 2.24) is 9.80 Å². The number of aromatic hydroxyl groups is 1. The number of phenols is 1. The molecule has 7 heteroatoms. The third-order valence-electron chi connectivity index (χ3n) is 4.32. The maximum absolute atomic E-state index is 12.5. The Balaban J connectivity index is 1.78. The van der Waals surface area contributed by atoms with Crippen molar-refractivity contribution in [2.75, 3.05) is 31.5 Å². The SMILES string of the molecule is N#C/C(=C/N1CCN(C=O)CC1)C(=O)Nc1cccc2c(O)cccc12. The normalized spacial score (nSPS) is 14.8. The van der Waals surface area contributed by atoms with Gasteiger partial charge in [0.1, 0.15) is 17.4 Å². The first-order valence-corrected chi connectivity index (χ1v) is 8.20. The number of benzene rings is 2. The highest BCUT2D eigenvalue weighted by molar-refractivity contribution is 6.11. The number of carbonyl (C=O) groups is 2. The Hall–Kier alpha value is -3.53. The number of nitriles is 1. The topological polar surface area (TPSA) is 96.7 Å². The van der Waals surface area contributed by atoms with Gasteiger partial charge in [0.25, 0.3) is 5.91 Å². The number of hydrogen-bond acceptors (Lipinski definition) is 5. The summed E-state index contributed by atoms with van der Waals surface area (Å²) in [6, 6.07) is 12.2. The number of hydrogen-bond donors (Lipinski definition) is 2. The van der Waals surface area contributed by atoms with Gasteiger partial charge in [0.2, 0.25) is 6.41 Å². The zero-order valence-corrected chi connectivity index (χ0v) is 14.1. The molecular weight excluding hydrogens is 332 g/mol. The molecule has 0 saturated carbocycles. The lowest BCUT2D eigenvalue weighted by Crippen LogP contribution is -2.43. The molecule has 2 aromatic carbocycles. The number of carbonyl (C=O) groups excluding carboxylic acids is 2. The third kappa shape index (κ3) is 3.59. The lowest BCUT2D eigenvalue weighted by Gasteiger charge is -2.31. The van der Waals surface area contributed by atoms with E-state index in [1.54, 1.807) is 41.3 Å². The molecule has 0 aromatic heterocycles. The Morgan fingerprint density at radius 2 is 1.73 bits per heavy atom. The van der Waals surface area contributed by atoms with Crippen LogP contribution in [0.5, 0.6) is 5.75 Å². The van der Waals surface area contributed by atoms with Crippen molar-refractivity contribution < 1.29 is 14.7 Å². The molecular formula is C19H18N4O3. The molecule has 132 valence electrons. The average molecular weight is 350 g/mol. The standard InChI is InChI=1S/C19H18N4O3/c20-11-14(12-22-7-9-23(13-24)10-8-22)19(26)21-17-5-1-4-16-15(17)3-2-6-18(16)25/h1-6,12-13,25H,7-10H2,(H,21,26)/b14-12-. The van der Waals surface area contributed by atoms with E-state index in [4.69, 9.17) is 0 Å². The molecule has 26 heavy (non-hydrogen) atoms. The summed E-state index contributed by atoms with van der Waals surface area (Å²) in [6.45, 7) is 2.25. The van der Waals surface area contributed by atoms with Crippen molar-refractivity contribution in [3.05, 3.63) is 48.2 Å². The van der Waals surface area contributed by atoms with Gasteiger partial charge in [-0.1, -0.05) is 24.3 Å². The number of rotatable bonds is 4. The highest BCUT2D eigenvalue weighted by atomic mass is 16.3. The van der Waals surface area contributed by atoms with Crippen molar-refractivity contribution in [3.63, 3.8) is 0 Å². The van der Waals surface area contributed by atoms with E-state index in [0.717, 1.165) is 6.41 Å². The van der Waals surface area contributed by atoms with Gasteiger partial charge in [-0.25, -0.2) is 0 Å². The highest BCUT2D eigenvalue weighted by Gasteiger charge is 2.17. The summed E-state index contributed by atoms with van der Waals surface area (Å²) in [7, 11) is 0. The smallest absolute Gasteiger partial charge is 0.267 e. The minimum Gasteiger partial charge on any atom is -0.507 e. The molecule has 0 bridgehead atoms. The number of phenolic OH excluding ortho intramolecular Hbond substituents is 1. The van der Waals surface area contributed by atoms with Crippen LogP contribution in [0, 0.1) is 11.3 Å². The van der Waals surface area contributed by atoms with Gasteiger partial charge in [-0.05, 0) is 12.1 Å². The average Bonchev–Trinajstić information content (AvgIpc) is 2.67. The van der Waals surface area contributed by atoms with Crippen molar-refractivity contribution in [2.24, 2.45) is 0 Å². The first-order chi connectivity index (χ1) is 12.6. The first-order valence-electron chi connectivity index (χ1n) is 8.20. The van der Waals surface area contributed by atoms with Crippen molar-refractivity contribution in [1.29, 1.82) is 5.26 Å². The van der Waals surface area contributed by atoms with E-state index in [-0.39, 0.29) is 11.3 Å². The summed E-state index contributed by atoms with van der Waals surface area (Å²) in [4.78, 5) is 26.8. The number of piperazine rings is 1. The lowest BCUT2D eigenvalue weighted by atomic mass is 10.1. The van der Waals surface area contributed by atoms with Crippen LogP contribution in [0.1, 0.15) is 0 Å². The Kier molecular flexibility index (Phi) is 5.04. The predicted octanol–water partition coefficient (Wildman–Crippen LogP) is 1.67.